The fourth-order valence-corrected chi connectivity index (χ4v) is 2.24. The molecule has 0 bridgehead atoms. The van der Waals surface area contributed by atoms with Gasteiger partial charge < -0.3 is 4.90 Å². The molecule has 0 aliphatic rings. The molecule has 0 spiro atoms. The highest BCUT2D eigenvalue weighted by molar-refractivity contribution is 6.30. The van der Waals surface area contributed by atoms with Gasteiger partial charge in [0.05, 0.1) is 17.3 Å². The van der Waals surface area contributed by atoms with Gasteiger partial charge in [0.2, 0.25) is 0 Å². The van der Waals surface area contributed by atoms with Crippen molar-refractivity contribution in [2.24, 2.45) is 0 Å². The number of likely N-dealkylation sites (N-methyl/N-ethyl adjacent to an activating group) is 1. The number of hydrogen-bond acceptors (Lipinski definition) is 3. The van der Waals surface area contributed by atoms with Crippen LogP contribution in [-0.4, -0.2) is 18.9 Å². The minimum absolute atomic E-state index is 0.0121. The van der Waals surface area contributed by atoms with Gasteiger partial charge in [-0.1, -0.05) is 23.7 Å². The van der Waals surface area contributed by atoms with Crippen molar-refractivity contribution < 1.29 is 4.79 Å². The topological polar surface area (TPSA) is 44.1 Å². The molecule has 0 aliphatic carbocycles. The van der Waals surface area contributed by atoms with Gasteiger partial charge >= 0.3 is 0 Å². The number of rotatable bonds is 4. The van der Waals surface area contributed by atoms with Crippen molar-refractivity contribution >= 4 is 23.1 Å². The fourth-order valence-electron chi connectivity index (χ4n) is 2.12. The molecule has 2 rings (SSSR count). The zero-order valence-corrected chi connectivity index (χ0v) is 12.6. The molecule has 0 radical (unpaired) electrons. The first-order valence-electron chi connectivity index (χ1n) is 6.56. The highest BCUT2D eigenvalue weighted by Gasteiger charge is 2.21. The summed E-state index contributed by atoms with van der Waals surface area (Å²) in [4.78, 5) is 14.3. The number of Topliss-reactive ketones (excluding diaryl/α,β-unsaturated/α-hetero) is 1. The van der Waals surface area contributed by atoms with Gasteiger partial charge in [0, 0.05) is 17.6 Å². The first-order valence-corrected chi connectivity index (χ1v) is 6.94. The Hall–Kier alpha value is -2.31. The largest absolute Gasteiger partial charge is 0.363 e. The Balaban J connectivity index is 2.27. The van der Waals surface area contributed by atoms with Gasteiger partial charge in [0.25, 0.3) is 0 Å². The Labute approximate surface area is 129 Å². The molecule has 0 fully saturated rings. The quantitative estimate of drug-likeness (QED) is 0.804. The van der Waals surface area contributed by atoms with E-state index >= 15 is 0 Å². The van der Waals surface area contributed by atoms with Crippen molar-refractivity contribution in [1.82, 2.24) is 0 Å². The lowest BCUT2D eigenvalue weighted by Gasteiger charge is -2.26. The molecule has 1 atom stereocenters. The number of carbonyl (C=O) groups is 1. The maximum Gasteiger partial charge on any atom is 0.184 e. The number of anilines is 1. The summed E-state index contributed by atoms with van der Waals surface area (Å²) in [7, 11) is 1.81. The average Bonchev–Trinajstić information content (AvgIpc) is 2.53. The lowest BCUT2D eigenvalue weighted by Crippen LogP contribution is -2.36. The molecule has 0 N–H and O–H groups in total. The van der Waals surface area contributed by atoms with Crippen LogP contribution in [0.1, 0.15) is 22.8 Å². The van der Waals surface area contributed by atoms with Crippen LogP contribution in [0.5, 0.6) is 0 Å². The van der Waals surface area contributed by atoms with E-state index < -0.39 is 0 Å². The van der Waals surface area contributed by atoms with Crippen LogP contribution in [0, 0.1) is 11.3 Å². The molecule has 1 unspecified atom stereocenters. The van der Waals surface area contributed by atoms with Crippen LogP contribution in [0.4, 0.5) is 5.69 Å². The second-order valence-electron chi connectivity index (χ2n) is 4.79. The highest BCUT2D eigenvalue weighted by Crippen LogP contribution is 2.22. The average molecular weight is 299 g/mol. The molecule has 0 amide bonds. The van der Waals surface area contributed by atoms with Gasteiger partial charge in [-0.05, 0) is 43.3 Å². The van der Waals surface area contributed by atoms with E-state index in [4.69, 9.17) is 16.9 Å². The monoisotopic (exact) mass is 298 g/mol. The van der Waals surface area contributed by atoms with Crippen LogP contribution in [0.25, 0.3) is 0 Å². The molecule has 0 aliphatic heterocycles. The third-order valence-corrected chi connectivity index (χ3v) is 3.75. The molecular weight excluding hydrogens is 284 g/mol. The lowest BCUT2D eigenvalue weighted by molar-refractivity contribution is 0.0966. The zero-order valence-electron chi connectivity index (χ0n) is 11.9. The summed E-state index contributed by atoms with van der Waals surface area (Å²) in [6, 6.07) is 15.8. The van der Waals surface area contributed by atoms with Gasteiger partial charge in [-0.15, -0.1) is 0 Å². The summed E-state index contributed by atoms with van der Waals surface area (Å²) in [5.74, 6) is -0.0121. The van der Waals surface area contributed by atoms with Crippen molar-refractivity contribution in [2.45, 2.75) is 13.0 Å². The second kappa shape index (κ2) is 6.43. The van der Waals surface area contributed by atoms with Gasteiger partial charge in [-0.25, -0.2) is 0 Å². The van der Waals surface area contributed by atoms with E-state index in [0.717, 1.165) is 5.69 Å². The zero-order chi connectivity index (χ0) is 15.4. The highest BCUT2D eigenvalue weighted by atomic mass is 35.5. The number of benzene rings is 2. The van der Waals surface area contributed by atoms with E-state index in [9.17, 15) is 4.79 Å². The fraction of sp³-hybridized carbons (Fsp3) is 0.176. The van der Waals surface area contributed by atoms with Crippen LogP contribution in [0.3, 0.4) is 0 Å². The molecule has 3 nitrogen and oxygen atoms in total. The Morgan fingerprint density at radius 2 is 1.81 bits per heavy atom. The van der Waals surface area contributed by atoms with Crippen molar-refractivity contribution in [3.8, 4) is 6.07 Å². The number of ketones is 1. The maximum atomic E-state index is 12.5. The number of nitrogens with zero attached hydrogens (tertiary/aromatic N) is 2. The molecule has 4 heteroatoms. The van der Waals surface area contributed by atoms with Crippen molar-refractivity contribution in [3.63, 3.8) is 0 Å². The van der Waals surface area contributed by atoms with E-state index in [1.165, 1.54) is 0 Å². The molecule has 2 aromatic rings. The number of para-hydroxylation sites is 1. The van der Waals surface area contributed by atoms with Crippen LogP contribution in [-0.2, 0) is 0 Å². The number of carbonyl (C=O) groups excluding carboxylic acids is 1. The van der Waals surface area contributed by atoms with Crippen molar-refractivity contribution in [1.29, 1.82) is 5.26 Å². The molecule has 0 saturated heterocycles. The van der Waals surface area contributed by atoms with Gasteiger partial charge in [-0.2, -0.15) is 5.26 Å². The Morgan fingerprint density at radius 3 is 2.43 bits per heavy atom. The molecule has 2 aromatic carbocycles. The summed E-state index contributed by atoms with van der Waals surface area (Å²) < 4.78 is 0. The summed E-state index contributed by atoms with van der Waals surface area (Å²) in [6.07, 6.45) is 0. The van der Waals surface area contributed by atoms with Gasteiger partial charge in [-0.3, -0.25) is 4.79 Å². The molecule has 106 valence electrons. The van der Waals surface area contributed by atoms with Crippen molar-refractivity contribution in [3.05, 3.63) is 64.7 Å². The molecule has 0 heterocycles. The van der Waals surface area contributed by atoms with Crippen LogP contribution in [0.2, 0.25) is 5.02 Å². The van der Waals surface area contributed by atoms with E-state index in [0.29, 0.717) is 16.1 Å². The normalized spacial score (nSPS) is 11.5. The van der Waals surface area contributed by atoms with E-state index in [1.54, 1.807) is 30.3 Å². The predicted molar refractivity (Wildman–Crippen MR) is 84.8 cm³/mol. The first kappa shape index (κ1) is 15.1. The smallest absolute Gasteiger partial charge is 0.184 e. The molecular formula is C17H15ClN2O. The minimum Gasteiger partial charge on any atom is -0.363 e. The Morgan fingerprint density at radius 1 is 1.19 bits per heavy atom. The van der Waals surface area contributed by atoms with Gasteiger partial charge in [0.15, 0.2) is 5.78 Å². The summed E-state index contributed by atoms with van der Waals surface area (Å²) >= 11 is 5.84. The number of halogens is 1. The van der Waals surface area contributed by atoms with Crippen LogP contribution in [0.15, 0.2) is 48.5 Å². The lowest BCUT2D eigenvalue weighted by atomic mass is 10.0. The summed E-state index contributed by atoms with van der Waals surface area (Å²) in [5.41, 5.74) is 1.90. The minimum atomic E-state index is -0.374. The third-order valence-electron chi connectivity index (χ3n) is 3.49. The maximum absolute atomic E-state index is 12.5. The first-order chi connectivity index (χ1) is 10.0. The van der Waals surface area contributed by atoms with Gasteiger partial charge in [0.1, 0.15) is 6.07 Å². The van der Waals surface area contributed by atoms with E-state index in [-0.39, 0.29) is 11.8 Å². The second-order valence-corrected chi connectivity index (χ2v) is 5.22. The van der Waals surface area contributed by atoms with E-state index in [2.05, 4.69) is 6.07 Å². The number of hydrogen-bond donors (Lipinski definition) is 0. The SMILES string of the molecule is CC(C(=O)c1ccc(Cl)cc1)N(C)c1ccccc1C#N. The van der Waals surface area contributed by atoms with Crippen molar-refractivity contribution in [2.75, 3.05) is 11.9 Å². The summed E-state index contributed by atoms with van der Waals surface area (Å²) in [6.45, 7) is 1.82. The predicted octanol–water partition coefficient (Wildman–Crippen LogP) is 3.92. The van der Waals surface area contributed by atoms with Crippen LogP contribution >= 0.6 is 11.6 Å². The van der Waals surface area contributed by atoms with Crippen LogP contribution < -0.4 is 4.90 Å². The molecule has 0 saturated carbocycles. The molecule has 21 heavy (non-hydrogen) atoms. The van der Waals surface area contributed by atoms with E-state index in [1.807, 2.05) is 37.1 Å². The third kappa shape index (κ3) is 3.24. The standard InChI is InChI=1S/C17H15ClN2O/c1-12(17(21)13-7-9-15(18)10-8-13)20(2)16-6-4-3-5-14(16)11-19/h3-10,12H,1-2H3. The molecule has 0 aromatic heterocycles. The Kier molecular flexibility index (Phi) is 4.62. The Bertz CT molecular complexity index is 689. The number of nitriles is 1. The summed E-state index contributed by atoms with van der Waals surface area (Å²) in [5, 5.41) is 9.76.